The van der Waals surface area contributed by atoms with Crippen molar-refractivity contribution in [2.45, 2.75) is 236 Å². The molecule has 9 heteroatoms. The monoisotopic (exact) mass is 832 g/mol. The quantitative estimate of drug-likeness (QED) is 0.0265. The van der Waals surface area contributed by atoms with Crippen molar-refractivity contribution in [2.24, 2.45) is 0 Å². The second-order valence-corrected chi connectivity index (χ2v) is 16.5. The average molecular weight is 832 g/mol. The molecule has 0 bridgehead atoms. The number of amides is 1. The number of hydrogen-bond donors (Lipinski definition) is 6. The molecule has 0 aromatic heterocycles. The number of carbonyl (C=O) groups excluding carboxylic acids is 1. The number of rotatable bonds is 39. The number of nitrogens with one attached hydrogen (secondary N) is 1. The Kier molecular flexibility index (Phi) is 37.2. The highest BCUT2D eigenvalue weighted by molar-refractivity contribution is 5.76. The van der Waals surface area contributed by atoms with Gasteiger partial charge in [0.05, 0.1) is 25.4 Å². The Labute approximate surface area is 360 Å². The minimum absolute atomic E-state index is 0.175. The van der Waals surface area contributed by atoms with Gasteiger partial charge in [-0.1, -0.05) is 171 Å². The van der Waals surface area contributed by atoms with Gasteiger partial charge < -0.3 is 40.3 Å². The first-order valence-corrected chi connectivity index (χ1v) is 24.0. The van der Waals surface area contributed by atoms with E-state index in [4.69, 9.17) is 9.47 Å². The van der Waals surface area contributed by atoms with E-state index in [1.54, 1.807) is 0 Å². The summed E-state index contributed by atoms with van der Waals surface area (Å²) in [6.07, 6.45) is 45.2. The summed E-state index contributed by atoms with van der Waals surface area (Å²) >= 11 is 0. The fourth-order valence-corrected chi connectivity index (χ4v) is 7.21. The Hall–Kier alpha value is -2.11. The van der Waals surface area contributed by atoms with Crippen LogP contribution in [-0.2, 0) is 14.3 Å². The van der Waals surface area contributed by atoms with Crippen molar-refractivity contribution in [3.63, 3.8) is 0 Å². The molecule has 9 nitrogen and oxygen atoms in total. The SMILES string of the molecule is CCCCCCCCC/C=C/C/C=C/C/C=C/C/C=C/CCCC(=O)N[C@@H](CO[C@H]1O[C@@H](CO)[C@H](O)C(O)C1O)[C@H](O)CCCC/C=C/CCCCCCCCCCC. The van der Waals surface area contributed by atoms with Crippen molar-refractivity contribution in [1.82, 2.24) is 5.32 Å². The van der Waals surface area contributed by atoms with Gasteiger partial charge in [0.2, 0.25) is 5.91 Å². The van der Waals surface area contributed by atoms with E-state index in [9.17, 15) is 30.3 Å². The number of hydrogen-bond acceptors (Lipinski definition) is 8. The molecule has 2 unspecified atom stereocenters. The molecule has 0 aliphatic carbocycles. The zero-order valence-corrected chi connectivity index (χ0v) is 37.5. The lowest BCUT2D eigenvalue weighted by atomic mass is 9.99. The molecular formula is C50H89NO8. The molecular weight excluding hydrogens is 743 g/mol. The lowest BCUT2D eigenvalue weighted by Gasteiger charge is -2.40. The molecule has 1 rings (SSSR count). The van der Waals surface area contributed by atoms with Gasteiger partial charge in [-0.25, -0.2) is 0 Å². The van der Waals surface area contributed by atoms with Gasteiger partial charge in [-0.3, -0.25) is 4.79 Å². The first kappa shape index (κ1) is 54.9. The maximum atomic E-state index is 13.0. The fraction of sp³-hybridized carbons (Fsp3) is 0.780. The number of aliphatic hydroxyl groups is 5. The van der Waals surface area contributed by atoms with Crippen LogP contribution in [0.4, 0.5) is 0 Å². The summed E-state index contributed by atoms with van der Waals surface area (Å²) in [6.45, 7) is 3.77. The fourth-order valence-electron chi connectivity index (χ4n) is 7.21. The van der Waals surface area contributed by atoms with Gasteiger partial charge in [0.15, 0.2) is 6.29 Å². The van der Waals surface area contributed by atoms with Crippen LogP contribution >= 0.6 is 0 Å². The summed E-state index contributed by atoms with van der Waals surface area (Å²) in [4.78, 5) is 13.0. The van der Waals surface area contributed by atoms with E-state index in [1.807, 2.05) is 0 Å². The second kappa shape index (κ2) is 40.0. The lowest BCUT2D eigenvalue weighted by molar-refractivity contribution is -0.302. The maximum Gasteiger partial charge on any atom is 0.220 e. The molecule has 1 amide bonds. The van der Waals surface area contributed by atoms with Crippen molar-refractivity contribution < 1.29 is 39.8 Å². The van der Waals surface area contributed by atoms with Gasteiger partial charge in [0.25, 0.3) is 0 Å². The van der Waals surface area contributed by atoms with E-state index >= 15 is 0 Å². The first-order chi connectivity index (χ1) is 28.8. The third-order valence-corrected chi connectivity index (χ3v) is 11.1. The highest BCUT2D eigenvalue weighted by atomic mass is 16.7. The number of unbranched alkanes of at least 4 members (excludes halogenated alkanes) is 19. The molecule has 1 aliphatic rings. The summed E-state index contributed by atoms with van der Waals surface area (Å²) < 4.78 is 11.2. The van der Waals surface area contributed by atoms with E-state index in [0.29, 0.717) is 12.8 Å². The molecule has 0 aromatic rings. The third-order valence-electron chi connectivity index (χ3n) is 11.1. The number of aliphatic hydroxyl groups excluding tert-OH is 5. The summed E-state index contributed by atoms with van der Waals surface area (Å²) in [6, 6.07) is -0.766. The van der Waals surface area contributed by atoms with Crippen LogP contribution in [-0.4, -0.2) is 87.5 Å². The van der Waals surface area contributed by atoms with E-state index < -0.39 is 49.5 Å². The number of ether oxygens (including phenoxy) is 2. The van der Waals surface area contributed by atoms with E-state index in [0.717, 1.165) is 51.4 Å². The van der Waals surface area contributed by atoms with Gasteiger partial charge >= 0.3 is 0 Å². The molecule has 1 saturated heterocycles. The molecule has 1 fully saturated rings. The highest BCUT2D eigenvalue weighted by Crippen LogP contribution is 2.23. The van der Waals surface area contributed by atoms with Crippen molar-refractivity contribution in [1.29, 1.82) is 0 Å². The Morgan fingerprint density at radius 1 is 0.576 bits per heavy atom. The Morgan fingerprint density at radius 2 is 1.00 bits per heavy atom. The minimum Gasteiger partial charge on any atom is -0.394 e. The van der Waals surface area contributed by atoms with Crippen molar-refractivity contribution >= 4 is 5.91 Å². The van der Waals surface area contributed by atoms with Crippen molar-refractivity contribution in [3.8, 4) is 0 Å². The van der Waals surface area contributed by atoms with Crippen LogP contribution in [0.1, 0.15) is 194 Å². The molecule has 1 aliphatic heterocycles. The average Bonchev–Trinajstić information content (AvgIpc) is 3.23. The molecule has 0 radical (unpaired) electrons. The molecule has 342 valence electrons. The number of allylic oxidation sites excluding steroid dienone is 10. The lowest BCUT2D eigenvalue weighted by Crippen LogP contribution is -2.60. The molecule has 0 aromatic carbocycles. The molecule has 0 saturated carbocycles. The van der Waals surface area contributed by atoms with Gasteiger partial charge in [0, 0.05) is 6.42 Å². The highest BCUT2D eigenvalue weighted by Gasteiger charge is 2.44. The van der Waals surface area contributed by atoms with E-state index in [-0.39, 0.29) is 18.9 Å². The maximum absolute atomic E-state index is 13.0. The third kappa shape index (κ3) is 30.6. The Balaban J connectivity index is 2.38. The summed E-state index contributed by atoms with van der Waals surface area (Å²) in [5, 5.41) is 54.3. The predicted molar refractivity (Wildman–Crippen MR) is 244 cm³/mol. The van der Waals surface area contributed by atoms with Gasteiger partial charge in [-0.2, -0.15) is 0 Å². The summed E-state index contributed by atoms with van der Waals surface area (Å²) in [5.74, 6) is -0.210. The Morgan fingerprint density at radius 3 is 1.49 bits per heavy atom. The van der Waals surface area contributed by atoms with Crippen molar-refractivity contribution in [2.75, 3.05) is 13.2 Å². The first-order valence-electron chi connectivity index (χ1n) is 24.0. The van der Waals surface area contributed by atoms with E-state index in [1.165, 1.54) is 109 Å². The van der Waals surface area contributed by atoms with Crippen LogP contribution in [0.25, 0.3) is 0 Å². The molecule has 0 spiro atoms. The van der Waals surface area contributed by atoms with E-state index in [2.05, 4.69) is 79.9 Å². The zero-order valence-electron chi connectivity index (χ0n) is 37.5. The summed E-state index contributed by atoms with van der Waals surface area (Å²) in [7, 11) is 0. The second-order valence-electron chi connectivity index (χ2n) is 16.5. The van der Waals surface area contributed by atoms with Crippen LogP contribution in [0.2, 0.25) is 0 Å². The van der Waals surface area contributed by atoms with Crippen LogP contribution in [0.15, 0.2) is 60.8 Å². The van der Waals surface area contributed by atoms with Crippen LogP contribution in [0.3, 0.4) is 0 Å². The normalized spacial score (nSPS) is 21.2. The molecule has 1 heterocycles. The largest absolute Gasteiger partial charge is 0.394 e. The molecule has 7 atom stereocenters. The standard InChI is InChI=1S/C50H89NO8/c1-3-5-7-9-11-13-15-17-19-20-21-22-23-24-26-28-30-32-34-36-38-40-46(54)51-43(42-58-50-49(57)48(56)47(55)45(41-52)59-50)44(53)39-37-35-33-31-29-27-25-18-16-14-12-10-8-6-4-2/h19-20,22-23,26,28-29,31-32,34,43-45,47-50,52-53,55-57H,3-18,21,24-25,27,30,33,35-42H2,1-2H3,(H,51,54)/b20-19+,23-22+,28-26+,31-29+,34-32+/t43-,44+,45-,47-,48?,49?,50-/m0/s1. The van der Waals surface area contributed by atoms with Gasteiger partial charge in [0.1, 0.15) is 24.4 Å². The predicted octanol–water partition coefficient (Wildman–Crippen LogP) is 10.4. The van der Waals surface area contributed by atoms with Crippen molar-refractivity contribution in [3.05, 3.63) is 60.8 Å². The van der Waals surface area contributed by atoms with Gasteiger partial charge in [-0.15, -0.1) is 0 Å². The minimum atomic E-state index is -1.57. The zero-order chi connectivity index (χ0) is 43.0. The molecule has 59 heavy (non-hydrogen) atoms. The van der Waals surface area contributed by atoms with Crippen LogP contribution in [0.5, 0.6) is 0 Å². The van der Waals surface area contributed by atoms with Gasteiger partial charge in [-0.05, 0) is 77.0 Å². The molecule has 6 N–H and O–H groups in total. The van der Waals surface area contributed by atoms with Crippen LogP contribution in [0, 0.1) is 0 Å². The summed E-state index contributed by atoms with van der Waals surface area (Å²) in [5.41, 5.74) is 0. The smallest absolute Gasteiger partial charge is 0.220 e. The number of carbonyl (C=O) groups is 1. The van der Waals surface area contributed by atoms with Crippen LogP contribution < -0.4 is 5.32 Å². The Bertz CT molecular complexity index is 1100. The topological polar surface area (TPSA) is 149 Å².